The van der Waals surface area contributed by atoms with E-state index in [1.807, 2.05) is 5.51 Å². The Morgan fingerprint density at radius 2 is 2.47 bits per heavy atom. The van der Waals surface area contributed by atoms with Crippen LogP contribution < -0.4 is 5.32 Å². The van der Waals surface area contributed by atoms with Crippen LogP contribution in [0, 0.1) is 6.92 Å². The van der Waals surface area contributed by atoms with Crippen molar-refractivity contribution in [3.63, 3.8) is 0 Å². The van der Waals surface area contributed by atoms with Crippen molar-refractivity contribution in [3.8, 4) is 0 Å². The largest absolute Gasteiger partial charge is 0.314 e. The molecule has 0 bridgehead atoms. The Balaban J connectivity index is 0.00000112. The number of piperazine rings is 1. The van der Waals surface area contributed by atoms with Crippen molar-refractivity contribution >= 4 is 23.7 Å². The Bertz CT molecular complexity index is 303. The molecule has 0 spiro atoms. The van der Waals surface area contributed by atoms with E-state index in [9.17, 15) is 0 Å². The van der Waals surface area contributed by atoms with Crippen molar-refractivity contribution in [3.05, 3.63) is 16.1 Å². The first-order valence-corrected chi connectivity index (χ1v) is 5.99. The maximum atomic E-state index is 4.28. The summed E-state index contributed by atoms with van der Waals surface area (Å²) >= 11 is 1.77. The lowest BCUT2D eigenvalue weighted by molar-refractivity contribution is 0.167. The van der Waals surface area contributed by atoms with Gasteiger partial charge in [0.15, 0.2) is 0 Å². The van der Waals surface area contributed by atoms with Gasteiger partial charge in [-0.15, -0.1) is 23.7 Å². The lowest BCUT2D eigenvalue weighted by atomic mass is 10.2. The molecule has 0 aromatic carbocycles. The quantitative estimate of drug-likeness (QED) is 0.862. The first-order valence-electron chi connectivity index (χ1n) is 5.11. The van der Waals surface area contributed by atoms with Gasteiger partial charge in [0, 0.05) is 37.1 Å². The van der Waals surface area contributed by atoms with Gasteiger partial charge in [-0.25, -0.2) is 4.98 Å². The fourth-order valence-electron chi connectivity index (χ4n) is 1.78. The summed E-state index contributed by atoms with van der Waals surface area (Å²) in [5.74, 6) is 0. The third-order valence-electron chi connectivity index (χ3n) is 2.83. The molecule has 2 rings (SSSR count). The number of rotatable bonds is 2. The molecule has 1 aliphatic heterocycles. The molecule has 3 nitrogen and oxygen atoms in total. The van der Waals surface area contributed by atoms with Gasteiger partial charge in [0.25, 0.3) is 0 Å². The van der Waals surface area contributed by atoms with Gasteiger partial charge in [-0.2, -0.15) is 0 Å². The Labute approximate surface area is 101 Å². The summed E-state index contributed by atoms with van der Waals surface area (Å²) in [6.45, 7) is 8.82. The Kier molecular flexibility index (Phi) is 4.99. The molecule has 1 atom stereocenters. The molecule has 0 saturated carbocycles. The second kappa shape index (κ2) is 5.80. The van der Waals surface area contributed by atoms with Crippen molar-refractivity contribution in [1.82, 2.24) is 15.2 Å². The minimum Gasteiger partial charge on any atom is -0.314 e. The standard InChI is InChI=1S/C10H17N3S.ClH/c1-8-5-11-3-4-13(8)6-10-9(2)12-7-14-10;/h7-8,11H,3-6H2,1-2H3;1H/t8-;/m0./s1. The summed E-state index contributed by atoms with van der Waals surface area (Å²) in [7, 11) is 0. The summed E-state index contributed by atoms with van der Waals surface area (Å²) in [6, 6.07) is 0.644. The molecule has 0 aliphatic carbocycles. The van der Waals surface area contributed by atoms with E-state index in [2.05, 4.69) is 29.0 Å². The zero-order chi connectivity index (χ0) is 9.97. The maximum absolute atomic E-state index is 4.28. The van der Waals surface area contributed by atoms with Crippen LogP contribution in [0.5, 0.6) is 0 Å². The van der Waals surface area contributed by atoms with Gasteiger partial charge in [-0.05, 0) is 13.8 Å². The lowest BCUT2D eigenvalue weighted by Crippen LogP contribution is -2.49. The fourth-order valence-corrected chi connectivity index (χ4v) is 2.58. The molecular weight excluding hydrogens is 230 g/mol. The fraction of sp³-hybridized carbons (Fsp3) is 0.700. The van der Waals surface area contributed by atoms with Crippen LogP contribution in [0.3, 0.4) is 0 Å². The Morgan fingerprint density at radius 1 is 1.67 bits per heavy atom. The molecular formula is C10H18ClN3S. The minimum absolute atomic E-state index is 0. The van der Waals surface area contributed by atoms with Gasteiger partial charge < -0.3 is 5.32 Å². The highest BCUT2D eigenvalue weighted by Gasteiger charge is 2.18. The Morgan fingerprint density at radius 3 is 3.07 bits per heavy atom. The molecule has 1 aromatic heterocycles. The third kappa shape index (κ3) is 3.14. The van der Waals surface area contributed by atoms with Crippen molar-refractivity contribution in [2.24, 2.45) is 0 Å². The number of aromatic nitrogens is 1. The number of thiazole rings is 1. The molecule has 1 aliphatic rings. The van der Waals surface area contributed by atoms with E-state index in [0.717, 1.165) is 26.2 Å². The smallest absolute Gasteiger partial charge is 0.0798 e. The molecule has 0 unspecified atom stereocenters. The normalized spacial score (nSPS) is 22.4. The summed E-state index contributed by atoms with van der Waals surface area (Å²) in [6.07, 6.45) is 0. The Hall–Kier alpha value is -0.160. The molecule has 1 saturated heterocycles. The number of nitrogens with one attached hydrogen (secondary N) is 1. The van der Waals surface area contributed by atoms with Gasteiger partial charge >= 0.3 is 0 Å². The van der Waals surface area contributed by atoms with E-state index < -0.39 is 0 Å². The second-order valence-electron chi connectivity index (χ2n) is 3.88. The van der Waals surface area contributed by atoms with Crippen LogP contribution in [0.15, 0.2) is 5.51 Å². The van der Waals surface area contributed by atoms with E-state index in [4.69, 9.17) is 0 Å². The molecule has 0 radical (unpaired) electrons. The molecule has 15 heavy (non-hydrogen) atoms. The average Bonchev–Trinajstić information content (AvgIpc) is 2.56. The number of hydrogen-bond acceptors (Lipinski definition) is 4. The first-order chi connectivity index (χ1) is 6.77. The van der Waals surface area contributed by atoms with Crippen LogP contribution >= 0.6 is 23.7 Å². The first kappa shape index (κ1) is 12.9. The lowest BCUT2D eigenvalue weighted by Gasteiger charge is -2.33. The maximum Gasteiger partial charge on any atom is 0.0798 e. The monoisotopic (exact) mass is 247 g/mol. The molecule has 1 N–H and O–H groups in total. The van der Waals surface area contributed by atoms with Crippen LogP contribution in [0.25, 0.3) is 0 Å². The molecule has 2 heterocycles. The third-order valence-corrected chi connectivity index (χ3v) is 3.75. The van der Waals surface area contributed by atoms with Crippen LogP contribution in [0.2, 0.25) is 0 Å². The van der Waals surface area contributed by atoms with Crippen LogP contribution in [0.4, 0.5) is 0 Å². The van der Waals surface area contributed by atoms with Gasteiger partial charge in [0.1, 0.15) is 0 Å². The zero-order valence-electron chi connectivity index (χ0n) is 9.19. The van der Waals surface area contributed by atoms with Crippen molar-refractivity contribution in [1.29, 1.82) is 0 Å². The minimum atomic E-state index is 0. The predicted octanol–water partition coefficient (Wildman–Crippen LogP) is 1.67. The zero-order valence-corrected chi connectivity index (χ0v) is 10.8. The van der Waals surface area contributed by atoms with E-state index >= 15 is 0 Å². The number of halogens is 1. The van der Waals surface area contributed by atoms with Gasteiger partial charge in [-0.3, -0.25) is 4.90 Å². The molecule has 1 aromatic rings. The van der Waals surface area contributed by atoms with Gasteiger partial charge in [0.2, 0.25) is 0 Å². The van der Waals surface area contributed by atoms with Gasteiger partial charge in [0.05, 0.1) is 11.2 Å². The predicted molar refractivity (Wildman–Crippen MR) is 66.8 cm³/mol. The van der Waals surface area contributed by atoms with E-state index in [1.165, 1.54) is 10.6 Å². The second-order valence-corrected chi connectivity index (χ2v) is 4.82. The summed E-state index contributed by atoms with van der Waals surface area (Å²) in [4.78, 5) is 8.22. The number of hydrogen-bond donors (Lipinski definition) is 1. The number of aryl methyl sites for hydroxylation is 1. The SMILES string of the molecule is Cc1ncsc1CN1CCNC[C@@H]1C.Cl. The van der Waals surface area contributed by atoms with Crippen LogP contribution in [-0.4, -0.2) is 35.6 Å². The van der Waals surface area contributed by atoms with Crippen molar-refractivity contribution in [2.75, 3.05) is 19.6 Å². The summed E-state index contributed by atoms with van der Waals surface area (Å²) in [5.41, 5.74) is 3.14. The summed E-state index contributed by atoms with van der Waals surface area (Å²) in [5, 5.41) is 3.40. The van der Waals surface area contributed by atoms with Crippen LogP contribution in [0.1, 0.15) is 17.5 Å². The van der Waals surface area contributed by atoms with Gasteiger partial charge in [-0.1, -0.05) is 0 Å². The van der Waals surface area contributed by atoms with E-state index in [0.29, 0.717) is 6.04 Å². The topological polar surface area (TPSA) is 28.2 Å². The van der Waals surface area contributed by atoms with Crippen molar-refractivity contribution < 1.29 is 0 Å². The molecule has 5 heteroatoms. The molecule has 1 fully saturated rings. The highest BCUT2D eigenvalue weighted by Crippen LogP contribution is 2.16. The summed E-state index contributed by atoms with van der Waals surface area (Å²) < 4.78 is 0. The average molecular weight is 248 g/mol. The van der Waals surface area contributed by atoms with Crippen molar-refractivity contribution in [2.45, 2.75) is 26.4 Å². The van der Waals surface area contributed by atoms with E-state index in [-0.39, 0.29) is 12.4 Å². The number of nitrogens with zero attached hydrogens (tertiary/aromatic N) is 2. The highest BCUT2D eigenvalue weighted by atomic mass is 35.5. The molecule has 0 amide bonds. The highest BCUT2D eigenvalue weighted by molar-refractivity contribution is 7.09. The van der Waals surface area contributed by atoms with Crippen LogP contribution in [-0.2, 0) is 6.54 Å². The van der Waals surface area contributed by atoms with E-state index in [1.54, 1.807) is 11.3 Å². The molecule has 86 valence electrons.